The molecule has 2 aromatic rings. The zero-order valence-corrected chi connectivity index (χ0v) is 9.97. The minimum absolute atomic E-state index is 0.00912. The number of amides is 1. The van der Waals surface area contributed by atoms with E-state index in [2.05, 4.69) is 15.5 Å². The molecule has 4 rings (SSSR count). The van der Waals surface area contributed by atoms with E-state index in [9.17, 15) is 4.79 Å². The number of fused-ring (bicyclic) bond motifs is 1. The van der Waals surface area contributed by atoms with Gasteiger partial charge in [-0.15, -0.1) is 10.2 Å². The van der Waals surface area contributed by atoms with Crippen LogP contribution in [0.15, 0.2) is 18.3 Å². The second-order valence-corrected chi connectivity index (χ2v) is 5.23. The fraction of sp³-hybridized carbons (Fsp3) is 0.462. The summed E-state index contributed by atoms with van der Waals surface area (Å²) in [5.74, 6) is 1.53. The number of nitrogens with zero attached hydrogens (tertiary/aromatic N) is 3. The Morgan fingerprint density at radius 2 is 2.06 bits per heavy atom. The van der Waals surface area contributed by atoms with E-state index in [-0.39, 0.29) is 5.91 Å². The lowest BCUT2D eigenvalue weighted by molar-refractivity contribution is 0.0950. The molecule has 0 aromatic carbocycles. The highest BCUT2D eigenvalue weighted by molar-refractivity contribution is 5.94. The molecular formula is C13H14N4O. The van der Waals surface area contributed by atoms with Crippen molar-refractivity contribution in [3.05, 3.63) is 29.7 Å². The van der Waals surface area contributed by atoms with Crippen molar-refractivity contribution in [3.63, 3.8) is 0 Å². The van der Waals surface area contributed by atoms with Gasteiger partial charge < -0.3 is 5.32 Å². The van der Waals surface area contributed by atoms with Crippen molar-refractivity contribution in [1.82, 2.24) is 19.9 Å². The minimum atomic E-state index is 0.00912. The Labute approximate surface area is 104 Å². The van der Waals surface area contributed by atoms with Crippen LogP contribution in [0.3, 0.4) is 0 Å². The first-order chi connectivity index (χ1) is 8.81. The number of aromatic nitrogens is 3. The lowest BCUT2D eigenvalue weighted by Crippen LogP contribution is -2.25. The van der Waals surface area contributed by atoms with Crippen molar-refractivity contribution in [2.45, 2.75) is 37.6 Å². The Bertz CT molecular complexity index is 625. The van der Waals surface area contributed by atoms with Gasteiger partial charge in [-0.1, -0.05) is 0 Å². The summed E-state index contributed by atoms with van der Waals surface area (Å²) in [6.45, 7) is 0. The summed E-state index contributed by atoms with van der Waals surface area (Å²) in [5, 5.41) is 11.3. The number of nitrogens with one attached hydrogen (secondary N) is 1. The summed E-state index contributed by atoms with van der Waals surface area (Å²) >= 11 is 0. The molecule has 92 valence electrons. The summed E-state index contributed by atoms with van der Waals surface area (Å²) in [5.41, 5.74) is 1.51. The maximum atomic E-state index is 12.0. The van der Waals surface area contributed by atoms with Crippen LogP contribution in [0.1, 0.15) is 47.8 Å². The fourth-order valence-electron chi connectivity index (χ4n) is 2.16. The van der Waals surface area contributed by atoms with Gasteiger partial charge in [0.05, 0.1) is 5.56 Å². The first-order valence-electron chi connectivity index (χ1n) is 6.47. The molecule has 2 aliphatic carbocycles. The van der Waals surface area contributed by atoms with Gasteiger partial charge in [0.15, 0.2) is 5.65 Å². The molecule has 0 bridgehead atoms. The summed E-state index contributed by atoms with van der Waals surface area (Å²) in [4.78, 5) is 12.0. The van der Waals surface area contributed by atoms with Gasteiger partial charge >= 0.3 is 0 Å². The predicted octanol–water partition coefficient (Wildman–Crippen LogP) is 1.50. The molecule has 0 aliphatic heterocycles. The molecule has 1 N–H and O–H groups in total. The molecule has 2 fully saturated rings. The summed E-state index contributed by atoms with van der Waals surface area (Å²) < 4.78 is 1.96. The maximum Gasteiger partial charge on any atom is 0.252 e. The maximum absolute atomic E-state index is 12.0. The summed E-state index contributed by atoms with van der Waals surface area (Å²) in [6.07, 6.45) is 6.43. The van der Waals surface area contributed by atoms with Gasteiger partial charge in [-0.05, 0) is 37.8 Å². The van der Waals surface area contributed by atoms with Crippen LogP contribution in [0.5, 0.6) is 0 Å². The predicted molar refractivity (Wildman–Crippen MR) is 65.5 cm³/mol. The Hall–Kier alpha value is -1.91. The van der Waals surface area contributed by atoms with E-state index < -0.39 is 0 Å². The van der Waals surface area contributed by atoms with E-state index in [1.54, 1.807) is 0 Å². The molecule has 0 saturated heterocycles. The van der Waals surface area contributed by atoms with Crippen molar-refractivity contribution < 1.29 is 4.79 Å². The Kier molecular flexibility index (Phi) is 1.98. The first kappa shape index (κ1) is 10.1. The Morgan fingerprint density at radius 3 is 2.78 bits per heavy atom. The quantitative estimate of drug-likeness (QED) is 0.887. The molecule has 0 atom stereocenters. The highest BCUT2D eigenvalue weighted by Gasteiger charge is 2.29. The molecule has 2 heterocycles. The van der Waals surface area contributed by atoms with Crippen LogP contribution in [0, 0.1) is 0 Å². The first-order valence-corrected chi connectivity index (χ1v) is 6.47. The topological polar surface area (TPSA) is 59.3 Å². The number of carbonyl (C=O) groups is 1. The molecule has 0 spiro atoms. The zero-order chi connectivity index (χ0) is 12.1. The van der Waals surface area contributed by atoms with E-state index in [1.807, 2.05) is 22.7 Å². The SMILES string of the molecule is O=C(NC1CC1)c1ccc2nnc(C3CC3)n2c1. The van der Waals surface area contributed by atoms with Crippen LogP contribution in [0.4, 0.5) is 0 Å². The normalized spacial score (nSPS) is 19.1. The summed E-state index contributed by atoms with van der Waals surface area (Å²) in [6, 6.07) is 4.07. The molecule has 1 amide bonds. The van der Waals surface area contributed by atoms with E-state index in [4.69, 9.17) is 0 Å². The third-order valence-corrected chi connectivity index (χ3v) is 3.55. The van der Waals surface area contributed by atoms with E-state index >= 15 is 0 Å². The second-order valence-electron chi connectivity index (χ2n) is 5.23. The van der Waals surface area contributed by atoms with Gasteiger partial charge in [0, 0.05) is 18.2 Å². The van der Waals surface area contributed by atoms with E-state index in [1.165, 1.54) is 12.8 Å². The lowest BCUT2D eigenvalue weighted by atomic mass is 10.2. The molecule has 0 unspecified atom stereocenters. The van der Waals surface area contributed by atoms with Crippen molar-refractivity contribution in [1.29, 1.82) is 0 Å². The number of hydrogen-bond acceptors (Lipinski definition) is 3. The van der Waals surface area contributed by atoms with Gasteiger partial charge in [-0.25, -0.2) is 0 Å². The average molecular weight is 242 g/mol. The second kappa shape index (κ2) is 3.54. The van der Waals surface area contributed by atoms with Crippen LogP contribution in [0.25, 0.3) is 5.65 Å². The average Bonchev–Trinajstić information content (AvgIpc) is 3.29. The van der Waals surface area contributed by atoms with Crippen LogP contribution >= 0.6 is 0 Å². The van der Waals surface area contributed by atoms with Crippen LogP contribution in [0.2, 0.25) is 0 Å². The van der Waals surface area contributed by atoms with Gasteiger partial charge in [-0.2, -0.15) is 0 Å². The van der Waals surface area contributed by atoms with Crippen molar-refractivity contribution in [3.8, 4) is 0 Å². The van der Waals surface area contributed by atoms with Crippen LogP contribution in [-0.4, -0.2) is 26.5 Å². The highest BCUT2D eigenvalue weighted by atomic mass is 16.1. The number of pyridine rings is 1. The van der Waals surface area contributed by atoms with E-state index in [0.29, 0.717) is 17.5 Å². The van der Waals surface area contributed by atoms with Gasteiger partial charge in [0.2, 0.25) is 0 Å². The zero-order valence-electron chi connectivity index (χ0n) is 9.97. The van der Waals surface area contributed by atoms with E-state index in [0.717, 1.165) is 24.3 Å². The van der Waals surface area contributed by atoms with Gasteiger partial charge in [-0.3, -0.25) is 9.20 Å². The monoisotopic (exact) mass is 242 g/mol. The number of hydrogen-bond donors (Lipinski definition) is 1. The molecular weight excluding hydrogens is 228 g/mol. The number of rotatable bonds is 3. The van der Waals surface area contributed by atoms with Crippen LogP contribution in [-0.2, 0) is 0 Å². The summed E-state index contributed by atoms with van der Waals surface area (Å²) in [7, 11) is 0. The number of carbonyl (C=O) groups excluding carboxylic acids is 1. The minimum Gasteiger partial charge on any atom is -0.349 e. The molecule has 2 saturated carbocycles. The van der Waals surface area contributed by atoms with Gasteiger partial charge in [0.1, 0.15) is 5.82 Å². The molecule has 18 heavy (non-hydrogen) atoms. The molecule has 5 nitrogen and oxygen atoms in total. The lowest BCUT2D eigenvalue weighted by Gasteiger charge is -2.04. The third kappa shape index (κ3) is 1.66. The molecule has 2 aromatic heterocycles. The molecule has 0 radical (unpaired) electrons. The van der Waals surface area contributed by atoms with Crippen molar-refractivity contribution >= 4 is 11.6 Å². The molecule has 5 heteroatoms. The Morgan fingerprint density at radius 1 is 1.22 bits per heavy atom. The highest BCUT2D eigenvalue weighted by Crippen LogP contribution is 2.38. The third-order valence-electron chi connectivity index (χ3n) is 3.55. The smallest absolute Gasteiger partial charge is 0.252 e. The van der Waals surface area contributed by atoms with Gasteiger partial charge in [0.25, 0.3) is 5.91 Å². The fourth-order valence-corrected chi connectivity index (χ4v) is 2.16. The standard InChI is InChI=1S/C13H14N4O/c18-13(14-10-4-5-10)9-3-6-11-15-16-12(8-1-2-8)17(11)7-9/h3,6-8,10H,1-2,4-5H2,(H,14,18). The largest absolute Gasteiger partial charge is 0.349 e. The van der Waals surface area contributed by atoms with Crippen molar-refractivity contribution in [2.24, 2.45) is 0 Å². The Balaban J connectivity index is 1.72. The molecule has 2 aliphatic rings. The van der Waals surface area contributed by atoms with Crippen LogP contribution < -0.4 is 5.32 Å². The van der Waals surface area contributed by atoms with Crippen molar-refractivity contribution in [2.75, 3.05) is 0 Å².